The largest absolute Gasteiger partial charge is 0.486 e. The van der Waals surface area contributed by atoms with Crippen LogP contribution in [-0.4, -0.2) is 37.7 Å². The highest BCUT2D eigenvalue weighted by Crippen LogP contribution is 2.36. The lowest BCUT2D eigenvalue weighted by molar-refractivity contribution is 0.171. The van der Waals surface area contributed by atoms with Gasteiger partial charge in [-0.3, -0.25) is 0 Å². The molecule has 168 valence electrons. The standard InChI is InChI=1S/C23H23N7O2S/c1-2-30-17(15-8-9-18-19(12-15)32-11-10-31-18)13-25-23(30)33-14-20-27-21(24)29-22(28-20)26-16-6-4-3-5-7-16/h3-9,12-13H,2,10-11,14H2,1H3,(H3,24,26,27,28,29). The van der Waals surface area contributed by atoms with Crippen molar-refractivity contribution in [2.24, 2.45) is 0 Å². The second kappa shape index (κ2) is 9.37. The Morgan fingerprint density at radius 2 is 1.85 bits per heavy atom. The number of imidazole rings is 1. The monoisotopic (exact) mass is 461 g/mol. The maximum Gasteiger partial charge on any atom is 0.232 e. The van der Waals surface area contributed by atoms with Crippen LogP contribution < -0.4 is 20.5 Å². The molecule has 0 atom stereocenters. The van der Waals surface area contributed by atoms with E-state index in [1.165, 1.54) is 0 Å². The fourth-order valence-electron chi connectivity index (χ4n) is 3.55. The lowest BCUT2D eigenvalue weighted by Crippen LogP contribution is -2.15. The van der Waals surface area contributed by atoms with Gasteiger partial charge < -0.3 is 25.1 Å². The molecule has 10 heteroatoms. The molecular weight excluding hydrogens is 438 g/mol. The molecule has 0 bridgehead atoms. The first kappa shape index (κ1) is 21.1. The van der Waals surface area contributed by atoms with Crippen LogP contribution in [0.15, 0.2) is 59.9 Å². The van der Waals surface area contributed by atoms with Gasteiger partial charge in [-0.1, -0.05) is 30.0 Å². The number of thioether (sulfide) groups is 1. The normalized spacial score (nSPS) is 12.5. The van der Waals surface area contributed by atoms with E-state index < -0.39 is 0 Å². The number of fused-ring (bicyclic) bond motifs is 1. The van der Waals surface area contributed by atoms with E-state index in [0.29, 0.717) is 30.7 Å². The first-order chi connectivity index (χ1) is 16.2. The second-order valence-electron chi connectivity index (χ2n) is 7.24. The van der Waals surface area contributed by atoms with Gasteiger partial charge >= 0.3 is 0 Å². The van der Waals surface area contributed by atoms with E-state index in [2.05, 4.69) is 36.7 Å². The van der Waals surface area contributed by atoms with Crippen LogP contribution in [0, 0.1) is 0 Å². The topological polar surface area (TPSA) is 113 Å². The summed E-state index contributed by atoms with van der Waals surface area (Å²) >= 11 is 1.55. The fourth-order valence-corrected chi connectivity index (χ4v) is 4.45. The summed E-state index contributed by atoms with van der Waals surface area (Å²) in [6.45, 7) is 3.99. The fraction of sp³-hybridized carbons (Fsp3) is 0.217. The zero-order valence-electron chi connectivity index (χ0n) is 18.1. The molecule has 1 aliphatic rings. The van der Waals surface area contributed by atoms with Crippen LogP contribution in [0.5, 0.6) is 11.5 Å². The third kappa shape index (κ3) is 4.70. The van der Waals surface area contributed by atoms with Crippen LogP contribution in [0.25, 0.3) is 11.3 Å². The minimum absolute atomic E-state index is 0.176. The number of benzene rings is 2. The number of hydrogen-bond acceptors (Lipinski definition) is 9. The number of para-hydroxylation sites is 1. The molecule has 5 rings (SSSR count). The van der Waals surface area contributed by atoms with Crippen LogP contribution in [-0.2, 0) is 12.3 Å². The van der Waals surface area contributed by atoms with Crippen molar-refractivity contribution in [1.82, 2.24) is 24.5 Å². The Bertz CT molecular complexity index is 1260. The molecule has 9 nitrogen and oxygen atoms in total. The number of hydrogen-bond donors (Lipinski definition) is 2. The summed E-state index contributed by atoms with van der Waals surface area (Å²) in [5, 5.41) is 4.04. The third-order valence-electron chi connectivity index (χ3n) is 5.03. The summed E-state index contributed by atoms with van der Waals surface area (Å²) in [5.41, 5.74) is 8.84. The minimum atomic E-state index is 0.176. The number of rotatable bonds is 7. The summed E-state index contributed by atoms with van der Waals surface area (Å²) in [6.07, 6.45) is 1.88. The van der Waals surface area contributed by atoms with E-state index in [0.717, 1.165) is 40.1 Å². The van der Waals surface area contributed by atoms with Gasteiger partial charge in [-0.25, -0.2) is 4.98 Å². The van der Waals surface area contributed by atoms with E-state index in [9.17, 15) is 0 Å². The van der Waals surface area contributed by atoms with E-state index in [-0.39, 0.29) is 5.95 Å². The Labute approximate surface area is 195 Å². The first-order valence-corrected chi connectivity index (χ1v) is 11.6. The van der Waals surface area contributed by atoms with Crippen molar-refractivity contribution in [3.63, 3.8) is 0 Å². The van der Waals surface area contributed by atoms with Crippen molar-refractivity contribution >= 4 is 29.3 Å². The molecule has 0 fully saturated rings. The molecule has 0 saturated carbocycles. The van der Waals surface area contributed by atoms with Crippen molar-refractivity contribution in [3.8, 4) is 22.8 Å². The lowest BCUT2D eigenvalue weighted by Gasteiger charge is -2.19. The molecule has 3 heterocycles. The van der Waals surface area contributed by atoms with Crippen molar-refractivity contribution in [3.05, 3.63) is 60.6 Å². The number of aromatic nitrogens is 5. The zero-order valence-corrected chi connectivity index (χ0v) is 18.9. The minimum Gasteiger partial charge on any atom is -0.486 e. The van der Waals surface area contributed by atoms with Gasteiger partial charge in [-0.15, -0.1) is 0 Å². The molecule has 33 heavy (non-hydrogen) atoms. The van der Waals surface area contributed by atoms with E-state index in [1.807, 2.05) is 54.7 Å². The van der Waals surface area contributed by atoms with Gasteiger partial charge in [-0.05, 0) is 37.3 Å². The average Bonchev–Trinajstić information content (AvgIpc) is 3.26. The van der Waals surface area contributed by atoms with Crippen LogP contribution in [0.4, 0.5) is 17.6 Å². The number of nitrogen functional groups attached to an aromatic ring is 1. The van der Waals surface area contributed by atoms with Crippen molar-refractivity contribution < 1.29 is 9.47 Å². The van der Waals surface area contributed by atoms with Gasteiger partial charge in [0.2, 0.25) is 11.9 Å². The van der Waals surface area contributed by atoms with Gasteiger partial charge in [0.15, 0.2) is 16.7 Å². The average molecular weight is 462 g/mol. The van der Waals surface area contributed by atoms with Gasteiger partial charge in [-0.2, -0.15) is 15.0 Å². The number of nitrogens with zero attached hydrogens (tertiary/aromatic N) is 5. The summed E-state index contributed by atoms with van der Waals surface area (Å²) in [4.78, 5) is 17.6. The maximum absolute atomic E-state index is 5.92. The Kier molecular flexibility index (Phi) is 5.99. The summed E-state index contributed by atoms with van der Waals surface area (Å²) in [6, 6.07) is 15.7. The van der Waals surface area contributed by atoms with Crippen LogP contribution >= 0.6 is 11.8 Å². The summed E-state index contributed by atoms with van der Waals surface area (Å²) < 4.78 is 13.5. The Hall–Kier alpha value is -3.79. The van der Waals surface area contributed by atoms with Crippen LogP contribution in [0.2, 0.25) is 0 Å². The van der Waals surface area contributed by atoms with Gasteiger partial charge in [0.1, 0.15) is 19.0 Å². The van der Waals surface area contributed by atoms with E-state index in [1.54, 1.807) is 11.8 Å². The summed E-state index contributed by atoms with van der Waals surface area (Å²) in [7, 11) is 0. The highest BCUT2D eigenvalue weighted by molar-refractivity contribution is 7.98. The Balaban J connectivity index is 1.34. The van der Waals surface area contributed by atoms with Crippen molar-refractivity contribution in [2.45, 2.75) is 24.4 Å². The summed E-state index contributed by atoms with van der Waals surface area (Å²) in [5.74, 6) is 3.21. The Morgan fingerprint density at radius 1 is 1.03 bits per heavy atom. The molecule has 0 saturated heterocycles. The molecule has 2 aromatic heterocycles. The molecule has 2 aromatic carbocycles. The van der Waals surface area contributed by atoms with E-state index >= 15 is 0 Å². The predicted molar refractivity (Wildman–Crippen MR) is 128 cm³/mol. The number of nitrogens with one attached hydrogen (secondary N) is 1. The molecular formula is C23H23N7O2S. The maximum atomic E-state index is 5.92. The molecule has 0 aliphatic carbocycles. The van der Waals surface area contributed by atoms with Gasteiger partial charge in [0, 0.05) is 17.8 Å². The quantitative estimate of drug-likeness (QED) is 0.392. The van der Waals surface area contributed by atoms with Crippen LogP contribution in [0.3, 0.4) is 0 Å². The van der Waals surface area contributed by atoms with Gasteiger partial charge in [0.05, 0.1) is 17.6 Å². The van der Waals surface area contributed by atoms with E-state index in [4.69, 9.17) is 15.2 Å². The highest BCUT2D eigenvalue weighted by atomic mass is 32.2. The number of nitrogens with two attached hydrogens (primary N) is 1. The SMILES string of the molecule is CCn1c(-c2ccc3c(c2)OCCO3)cnc1SCc1nc(N)nc(Nc2ccccc2)n1. The smallest absolute Gasteiger partial charge is 0.232 e. The lowest BCUT2D eigenvalue weighted by atomic mass is 10.1. The first-order valence-electron chi connectivity index (χ1n) is 10.6. The zero-order chi connectivity index (χ0) is 22.6. The van der Waals surface area contributed by atoms with Gasteiger partial charge in [0.25, 0.3) is 0 Å². The molecule has 0 spiro atoms. The van der Waals surface area contributed by atoms with Crippen molar-refractivity contribution in [1.29, 1.82) is 0 Å². The number of ether oxygens (including phenoxy) is 2. The molecule has 3 N–H and O–H groups in total. The molecule has 4 aromatic rings. The second-order valence-corrected chi connectivity index (χ2v) is 8.18. The molecule has 0 amide bonds. The number of anilines is 3. The third-order valence-corrected chi connectivity index (χ3v) is 6.02. The van der Waals surface area contributed by atoms with Crippen molar-refractivity contribution in [2.75, 3.05) is 24.3 Å². The molecule has 0 radical (unpaired) electrons. The Morgan fingerprint density at radius 3 is 2.67 bits per heavy atom. The molecule has 0 unspecified atom stereocenters. The predicted octanol–water partition coefficient (Wildman–Crippen LogP) is 4.14. The molecule has 1 aliphatic heterocycles. The van der Waals surface area contributed by atoms with Crippen LogP contribution in [0.1, 0.15) is 12.7 Å². The highest BCUT2D eigenvalue weighted by Gasteiger charge is 2.17.